The molecule has 98 valence electrons. The van der Waals surface area contributed by atoms with Gasteiger partial charge in [0.1, 0.15) is 5.82 Å². The largest absolute Gasteiger partial charge is 0.483 e. The van der Waals surface area contributed by atoms with Gasteiger partial charge in [0.25, 0.3) is 0 Å². The van der Waals surface area contributed by atoms with Crippen LogP contribution < -0.4 is 4.74 Å². The van der Waals surface area contributed by atoms with Crippen LogP contribution in [-0.2, 0) is 0 Å². The number of rotatable bonds is 3. The Morgan fingerprint density at radius 2 is 2.00 bits per heavy atom. The van der Waals surface area contributed by atoms with Gasteiger partial charge in [0.2, 0.25) is 0 Å². The number of ether oxygens (including phenoxy) is 1. The minimum Gasteiger partial charge on any atom is -0.483 e. The molecule has 0 heterocycles. The predicted octanol–water partition coefficient (Wildman–Crippen LogP) is 2.42. The van der Waals surface area contributed by atoms with Gasteiger partial charge in [-0.1, -0.05) is 0 Å². The molecule has 0 saturated heterocycles. The number of nitrogens with zero attached hydrogens (tertiary/aromatic N) is 1. The first-order valence-corrected chi connectivity index (χ1v) is 5.85. The number of nitro benzene ring substituents is 1. The molecule has 1 aliphatic rings. The minimum atomic E-state index is -0.591. The van der Waals surface area contributed by atoms with E-state index in [1.165, 1.54) is 0 Å². The lowest BCUT2D eigenvalue weighted by atomic mass is 9.95. The van der Waals surface area contributed by atoms with Crippen LogP contribution >= 0.6 is 0 Å². The molecule has 0 aromatic heterocycles. The van der Waals surface area contributed by atoms with Crippen LogP contribution in [0.2, 0.25) is 0 Å². The van der Waals surface area contributed by atoms with Crippen molar-refractivity contribution < 1.29 is 19.2 Å². The van der Waals surface area contributed by atoms with Crippen molar-refractivity contribution in [2.45, 2.75) is 37.9 Å². The molecule has 0 atom stereocenters. The van der Waals surface area contributed by atoms with Crippen LogP contribution in [0.25, 0.3) is 0 Å². The fraction of sp³-hybridized carbons (Fsp3) is 0.500. The summed E-state index contributed by atoms with van der Waals surface area (Å²) in [5, 5.41) is 20.1. The van der Waals surface area contributed by atoms with Crippen molar-refractivity contribution in [1.29, 1.82) is 0 Å². The third kappa shape index (κ3) is 2.95. The van der Waals surface area contributed by atoms with Crippen molar-refractivity contribution in [3.05, 3.63) is 34.1 Å². The molecular weight excluding hydrogens is 241 g/mol. The fourth-order valence-electron chi connectivity index (χ4n) is 2.08. The van der Waals surface area contributed by atoms with Crippen molar-refractivity contribution in [3.8, 4) is 5.75 Å². The Balaban J connectivity index is 2.12. The Labute approximate surface area is 103 Å². The summed E-state index contributed by atoms with van der Waals surface area (Å²) in [4.78, 5) is 10.2. The number of nitro groups is 1. The van der Waals surface area contributed by atoms with Crippen molar-refractivity contribution in [2.75, 3.05) is 0 Å². The zero-order valence-electron chi connectivity index (χ0n) is 9.71. The van der Waals surface area contributed by atoms with Gasteiger partial charge in [0.15, 0.2) is 5.75 Å². The van der Waals surface area contributed by atoms with Gasteiger partial charge in [0, 0.05) is 12.1 Å². The normalized spacial score (nSPS) is 23.7. The highest BCUT2D eigenvalue weighted by molar-refractivity contribution is 5.46. The van der Waals surface area contributed by atoms with Crippen LogP contribution in [0.15, 0.2) is 18.2 Å². The Morgan fingerprint density at radius 3 is 2.61 bits per heavy atom. The van der Waals surface area contributed by atoms with Crippen LogP contribution in [0.4, 0.5) is 10.1 Å². The average Bonchev–Trinajstić information content (AvgIpc) is 2.32. The lowest BCUT2D eigenvalue weighted by molar-refractivity contribution is -0.386. The van der Waals surface area contributed by atoms with E-state index < -0.39 is 10.7 Å². The molecule has 0 spiro atoms. The van der Waals surface area contributed by atoms with Crippen LogP contribution in [0, 0.1) is 15.9 Å². The van der Waals surface area contributed by atoms with E-state index in [4.69, 9.17) is 4.74 Å². The Morgan fingerprint density at radius 1 is 1.33 bits per heavy atom. The van der Waals surface area contributed by atoms with Crippen LogP contribution in [-0.4, -0.2) is 22.2 Å². The molecule has 1 saturated carbocycles. The van der Waals surface area contributed by atoms with Crippen molar-refractivity contribution in [3.63, 3.8) is 0 Å². The molecule has 6 heteroatoms. The first-order chi connectivity index (χ1) is 8.56. The van der Waals surface area contributed by atoms with Gasteiger partial charge in [-0.15, -0.1) is 0 Å². The number of aliphatic hydroxyl groups is 1. The number of aliphatic hydroxyl groups excluding tert-OH is 1. The quantitative estimate of drug-likeness (QED) is 0.665. The van der Waals surface area contributed by atoms with E-state index in [1.54, 1.807) is 0 Å². The van der Waals surface area contributed by atoms with Gasteiger partial charge in [0.05, 0.1) is 17.1 Å². The van der Waals surface area contributed by atoms with E-state index in [2.05, 4.69) is 0 Å². The second-order valence-corrected chi connectivity index (χ2v) is 4.42. The smallest absolute Gasteiger partial charge is 0.311 e. The molecule has 0 aliphatic heterocycles. The second kappa shape index (κ2) is 5.30. The number of benzene rings is 1. The van der Waals surface area contributed by atoms with Crippen molar-refractivity contribution in [2.24, 2.45) is 0 Å². The summed E-state index contributed by atoms with van der Waals surface area (Å²) in [7, 11) is 0. The number of hydrogen-bond acceptors (Lipinski definition) is 4. The Kier molecular flexibility index (Phi) is 3.76. The summed E-state index contributed by atoms with van der Waals surface area (Å²) in [5.74, 6) is -0.604. The third-order valence-electron chi connectivity index (χ3n) is 3.06. The van der Waals surface area contributed by atoms with E-state index in [-0.39, 0.29) is 23.6 Å². The maximum absolute atomic E-state index is 13.1. The zero-order valence-corrected chi connectivity index (χ0v) is 9.71. The molecule has 0 radical (unpaired) electrons. The summed E-state index contributed by atoms with van der Waals surface area (Å²) in [6, 6.07) is 3.17. The highest BCUT2D eigenvalue weighted by Crippen LogP contribution is 2.31. The van der Waals surface area contributed by atoms with Gasteiger partial charge in [-0.25, -0.2) is 4.39 Å². The third-order valence-corrected chi connectivity index (χ3v) is 3.06. The molecule has 1 aromatic carbocycles. The first kappa shape index (κ1) is 12.8. The van der Waals surface area contributed by atoms with E-state index >= 15 is 0 Å². The van der Waals surface area contributed by atoms with E-state index in [0.29, 0.717) is 25.7 Å². The van der Waals surface area contributed by atoms with E-state index in [9.17, 15) is 19.6 Å². The predicted molar refractivity (Wildman–Crippen MR) is 61.9 cm³/mol. The molecule has 1 fully saturated rings. The summed E-state index contributed by atoms with van der Waals surface area (Å²) < 4.78 is 18.6. The van der Waals surface area contributed by atoms with Gasteiger partial charge in [-0.3, -0.25) is 10.1 Å². The highest BCUT2D eigenvalue weighted by Gasteiger charge is 2.24. The molecule has 0 unspecified atom stereocenters. The van der Waals surface area contributed by atoms with Crippen LogP contribution in [0.3, 0.4) is 0 Å². The fourth-order valence-corrected chi connectivity index (χ4v) is 2.08. The summed E-state index contributed by atoms with van der Waals surface area (Å²) in [5.41, 5.74) is -0.234. The minimum absolute atomic E-state index is 0.0404. The summed E-state index contributed by atoms with van der Waals surface area (Å²) in [6.07, 6.45) is 1.92. The lowest BCUT2D eigenvalue weighted by Gasteiger charge is -2.25. The molecule has 1 aliphatic carbocycles. The SMILES string of the molecule is O=[N+]([O-])c1ccc(F)cc1O[C@H]1CC[C@H](O)CC1. The standard InChI is InChI=1S/C12H14FNO4/c13-8-1-6-11(14(16)17)12(7-8)18-10-4-2-9(15)3-5-10/h1,6-7,9-10,15H,2-5H2/t9-,10-. The molecule has 1 aromatic rings. The van der Waals surface area contributed by atoms with Crippen molar-refractivity contribution in [1.82, 2.24) is 0 Å². The molecule has 1 N–H and O–H groups in total. The lowest BCUT2D eigenvalue weighted by Crippen LogP contribution is -2.26. The van der Waals surface area contributed by atoms with Gasteiger partial charge < -0.3 is 9.84 Å². The molecule has 18 heavy (non-hydrogen) atoms. The monoisotopic (exact) mass is 255 g/mol. The molecule has 5 nitrogen and oxygen atoms in total. The van der Waals surface area contributed by atoms with Gasteiger partial charge in [-0.05, 0) is 31.7 Å². The van der Waals surface area contributed by atoms with Crippen molar-refractivity contribution >= 4 is 5.69 Å². The molecular formula is C12H14FNO4. The van der Waals surface area contributed by atoms with Gasteiger partial charge in [-0.2, -0.15) is 0 Å². The first-order valence-electron chi connectivity index (χ1n) is 5.85. The number of halogens is 1. The van der Waals surface area contributed by atoms with Crippen LogP contribution in [0.1, 0.15) is 25.7 Å². The zero-order chi connectivity index (χ0) is 13.1. The Hall–Kier alpha value is -1.69. The van der Waals surface area contributed by atoms with E-state index in [1.807, 2.05) is 0 Å². The second-order valence-electron chi connectivity index (χ2n) is 4.42. The topological polar surface area (TPSA) is 72.6 Å². The molecule has 2 rings (SSSR count). The molecule has 0 amide bonds. The van der Waals surface area contributed by atoms with E-state index in [0.717, 1.165) is 18.2 Å². The maximum Gasteiger partial charge on any atom is 0.311 e. The summed E-state index contributed by atoms with van der Waals surface area (Å²) >= 11 is 0. The maximum atomic E-state index is 13.1. The highest BCUT2D eigenvalue weighted by atomic mass is 19.1. The summed E-state index contributed by atoms with van der Waals surface area (Å²) in [6.45, 7) is 0. The Bertz CT molecular complexity index is 444. The van der Waals surface area contributed by atoms with Crippen LogP contribution in [0.5, 0.6) is 5.75 Å². The van der Waals surface area contributed by atoms with Gasteiger partial charge >= 0.3 is 5.69 Å². The molecule has 0 bridgehead atoms. The average molecular weight is 255 g/mol. The number of hydrogen-bond donors (Lipinski definition) is 1.